The molecule has 1 aromatic carbocycles. The summed E-state index contributed by atoms with van der Waals surface area (Å²) >= 11 is 1.63. The molecule has 0 aliphatic carbocycles. The van der Waals surface area contributed by atoms with Gasteiger partial charge < -0.3 is 15.3 Å². The molecule has 26 heavy (non-hydrogen) atoms. The lowest BCUT2D eigenvalue weighted by Crippen LogP contribution is -2.56. The zero-order valence-corrected chi connectivity index (χ0v) is 15.9. The zero-order chi connectivity index (χ0) is 17.8. The molecule has 4 rings (SSSR count). The number of β-amino-alcohol motifs (C(OH)–C–C–N with tert-alkyl or cyclic N) is 1. The van der Waals surface area contributed by atoms with E-state index in [1.165, 1.54) is 5.69 Å². The molecule has 0 bridgehead atoms. The van der Waals surface area contributed by atoms with E-state index in [1.54, 1.807) is 11.3 Å². The van der Waals surface area contributed by atoms with Gasteiger partial charge in [-0.2, -0.15) is 0 Å². The Kier molecular flexibility index (Phi) is 5.84. The predicted octanol–water partition coefficient (Wildman–Crippen LogP) is 2.34. The number of aliphatic hydroxyl groups is 1. The van der Waals surface area contributed by atoms with Gasteiger partial charge in [0.1, 0.15) is 0 Å². The van der Waals surface area contributed by atoms with Gasteiger partial charge in [-0.15, -0.1) is 11.3 Å². The van der Waals surface area contributed by atoms with Crippen LogP contribution in [-0.4, -0.2) is 59.4 Å². The second kappa shape index (κ2) is 8.48. The summed E-state index contributed by atoms with van der Waals surface area (Å²) in [6.45, 7) is 4.77. The molecule has 2 fully saturated rings. The normalized spacial score (nSPS) is 25.5. The van der Waals surface area contributed by atoms with Crippen LogP contribution in [-0.2, 0) is 6.54 Å². The van der Waals surface area contributed by atoms with Crippen molar-refractivity contribution in [1.29, 1.82) is 0 Å². The molecule has 2 saturated heterocycles. The first kappa shape index (κ1) is 17.9. The fourth-order valence-corrected chi connectivity index (χ4v) is 4.68. The summed E-state index contributed by atoms with van der Waals surface area (Å²) in [5.41, 5.74) is 4.31. The Hall–Kier alpha value is -1.47. The van der Waals surface area contributed by atoms with Gasteiger partial charge in [0, 0.05) is 55.9 Å². The van der Waals surface area contributed by atoms with Crippen molar-refractivity contribution in [3.05, 3.63) is 46.9 Å². The topological polar surface area (TPSA) is 51.6 Å². The Balaban J connectivity index is 1.23. The molecule has 0 unspecified atom stereocenters. The largest absolute Gasteiger partial charge is 0.390 e. The smallest absolute Gasteiger partial charge is 0.0820 e. The maximum absolute atomic E-state index is 10.6. The number of para-hydroxylation sites is 1. The van der Waals surface area contributed by atoms with Gasteiger partial charge in [0.15, 0.2) is 0 Å². The van der Waals surface area contributed by atoms with Crippen LogP contribution in [0.4, 0.5) is 5.69 Å². The van der Waals surface area contributed by atoms with E-state index in [9.17, 15) is 5.11 Å². The third-order valence-corrected chi connectivity index (χ3v) is 6.24. The average Bonchev–Trinajstić information content (AvgIpc) is 3.18. The molecule has 2 N–H and O–H groups in total. The van der Waals surface area contributed by atoms with Crippen molar-refractivity contribution in [3.63, 3.8) is 0 Å². The highest BCUT2D eigenvalue weighted by Gasteiger charge is 2.30. The van der Waals surface area contributed by atoms with Crippen LogP contribution in [0, 0.1) is 0 Å². The number of nitrogens with one attached hydrogen (secondary N) is 1. The van der Waals surface area contributed by atoms with Gasteiger partial charge in [-0.3, -0.25) is 4.90 Å². The van der Waals surface area contributed by atoms with Gasteiger partial charge in [0.05, 0.1) is 17.3 Å². The predicted molar refractivity (Wildman–Crippen MR) is 107 cm³/mol. The minimum absolute atomic E-state index is 0.218. The lowest BCUT2D eigenvalue weighted by atomic mass is 9.97. The van der Waals surface area contributed by atoms with Crippen LogP contribution in [0.15, 0.2) is 41.2 Å². The van der Waals surface area contributed by atoms with E-state index in [0.29, 0.717) is 6.04 Å². The lowest BCUT2D eigenvalue weighted by molar-refractivity contribution is 0.0313. The third-order valence-electron chi connectivity index (χ3n) is 5.60. The van der Waals surface area contributed by atoms with Gasteiger partial charge >= 0.3 is 0 Å². The number of aromatic nitrogens is 1. The highest BCUT2D eigenvalue weighted by atomic mass is 32.1. The maximum atomic E-state index is 10.6. The quantitative estimate of drug-likeness (QED) is 0.844. The fourth-order valence-electron chi connectivity index (χ4n) is 4.13. The molecule has 2 atom stereocenters. The van der Waals surface area contributed by atoms with Crippen molar-refractivity contribution in [2.75, 3.05) is 31.1 Å². The molecule has 0 spiro atoms. The monoisotopic (exact) mass is 372 g/mol. The molecule has 2 aromatic rings. The molecule has 5 nitrogen and oxygen atoms in total. The average molecular weight is 373 g/mol. The van der Waals surface area contributed by atoms with Crippen LogP contribution in [0.1, 0.15) is 25.0 Å². The molecule has 0 amide bonds. The summed E-state index contributed by atoms with van der Waals surface area (Å²) in [6, 6.07) is 11.4. The summed E-state index contributed by atoms with van der Waals surface area (Å²) in [6.07, 6.45) is 2.99. The first-order valence-corrected chi connectivity index (χ1v) is 10.6. The Morgan fingerprint density at radius 2 is 1.92 bits per heavy atom. The Morgan fingerprint density at radius 3 is 2.62 bits per heavy atom. The number of hydrogen-bond donors (Lipinski definition) is 2. The SMILES string of the molecule is O[C@@H]1CN(Cc2cscn2)CC[C@H]1NC1CCN(c2ccccc2)CC1. The molecule has 0 saturated carbocycles. The number of thiazole rings is 1. The number of piperidine rings is 2. The van der Waals surface area contributed by atoms with E-state index in [-0.39, 0.29) is 12.1 Å². The summed E-state index contributed by atoms with van der Waals surface area (Å²) in [5.74, 6) is 0. The molecule has 0 radical (unpaired) electrons. The maximum Gasteiger partial charge on any atom is 0.0820 e. The van der Waals surface area contributed by atoms with Crippen LogP contribution in [0.3, 0.4) is 0 Å². The molecule has 2 aliphatic heterocycles. The molecule has 3 heterocycles. The van der Waals surface area contributed by atoms with Crippen LogP contribution < -0.4 is 10.2 Å². The van der Waals surface area contributed by atoms with E-state index < -0.39 is 0 Å². The molecular formula is C20H28N4OS. The number of likely N-dealkylation sites (tertiary alicyclic amines) is 1. The van der Waals surface area contributed by atoms with Gasteiger partial charge in [0.25, 0.3) is 0 Å². The standard InChI is InChI=1S/C20H28N4OS/c25-20-13-23(12-17-14-26-15-21-17)9-8-19(20)22-16-6-10-24(11-7-16)18-4-2-1-3-5-18/h1-5,14-16,19-20,22,25H,6-13H2/t19-,20-/m1/s1. The van der Waals surface area contributed by atoms with Gasteiger partial charge in [-0.1, -0.05) is 18.2 Å². The molecule has 140 valence electrons. The van der Waals surface area contributed by atoms with Crippen LogP contribution in [0.2, 0.25) is 0 Å². The van der Waals surface area contributed by atoms with Crippen molar-refractivity contribution in [3.8, 4) is 0 Å². The van der Waals surface area contributed by atoms with Crippen molar-refractivity contribution in [2.24, 2.45) is 0 Å². The Bertz CT molecular complexity index is 658. The second-order valence-electron chi connectivity index (χ2n) is 7.44. The second-order valence-corrected chi connectivity index (χ2v) is 8.16. The van der Waals surface area contributed by atoms with Crippen LogP contribution >= 0.6 is 11.3 Å². The number of hydrogen-bond acceptors (Lipinski definition) is 6. The zero-order valence-electron chi connectivity index (χ0n) is 15.1. The molecule has 2 aliphatic rings. The highest BCUT2D eigenvalue weighted by Crippen LogP contribution is 2.21. The summed E-state index contributed by atoms with van der Waals surface area (Å²) in [4.78, 5) is 9.13. The highest BCUT2D eigenvalue weighted by molar-refractivity contribution is 7.07. The number of rotatable bonds is 5. The summed E-state index contributed by atoms with van der Waals surface area (Å²) in [7, 11) is 0. The Labute approximate surface area is 159 Å². The molecular weight excluding hydrogens is 344 g/mol. The van der Waals surface area contributed by atoms with E-state index in [0.717, 1.165) is 57.7 Å². The molecule has 1 aromatic heterocycles. The van der Waals surface area contributed by atoms with Gasteiger partial charge in [-0.25, -0.2) is 4.98 Å². The van der Waals surface area contributed by atoms with Crippen molar-refractivity contribution < 1.29 is 5.11 Å². The minimum atomic E-state index is -0.297. The first-order chi connectivity index (χ1) is 12.8. The van der Waals surface area contributed by atoms with Gasteiger partial charge in [0.2, 0.25) is 0 Å². The summed E-state index contributed by atoms with van der Waals surface area (Å²) in [5, 5.41) is 16.4. The third kappa shape index (κ3) is 4.43. The fraction of sp³-hybridized carbons (Fsp3) is 0.550. The van der Waals surface area contributed by atoms with Gasteiger partial charge in [-0.05, 0) is 31.4 Å². The first-order valence-electron chi connectivity index (χ1n) is 9.61. The van der Waals surface area contributed by atoms with E-state index in [1.807, 2.05) is 5.51 Å². The molecule has 6 heteroatoms. The Morgan fingerprint density at radius 1 is 1.12 bits per heavy atom. The van der Waals surface area contributed by atoms with E-state index in [4.69, 9.17) is 0 Å². The van der Waals surface area contributed by atoms with Crippen molar-refractivity contribution in [1.82, 2.24) is 15.2 Å². The number of anilines is 1. The summed E-state index contributed by atoms with van der Waals surface area (Å²) < 4.78 is 0. The van der Waals surface area contributed by atoms with Crippen molar-refractivity contribution >= 4 is 17.0 Å². The number of benzene rings is 1. The van der Waals surface area contributed by atoms with E-state index >= 15 is 0 Å². The van der Waals surface area contributed by atoms with Crippen molar-refractivity contribution in [2.45, 2.75) is 44.0 Å². The van der Waals surface area contributed by atoms with E-state index in [2.05, 4.69) is 55.8 Å². The van der Waals surface area contributed by atoms with Crippen LogP contribution in [0.25, 0.3) is 0 Å². The lowest BCUT2D eigenvalue weighted by Gasteiger charge is -2.40. The minimum Gasteiger partial charge on any atom is -0.390 e. The number of nitrogens with zero attached hydrogens (tertiary/aromatic N) is 3. The van der Waals surface area contributed by atoms with Crippen LogP contribution in [0.5, 0.6) is 0 Å². The number of aliphatic hydroxyl groups excluding tert-OH is 1.